The zero-order chi connectivity index (χ0) is 14.8. The van der Waals surface area contributed by atoms with Crippen molar-refractivity contribution >= 4 is 22.9 Å². The third-order valence-electron chi connectivity index (χ3n) is 3.36. The molecule has 0 fully saturated rings. The fraction of sp³-hybridized carbons (Fsp3) is 0.438. The molecule has 4 heteroatoms. The maximum absolute atomic E-state index is 5.88. The van der Waals surface area contributed by atoms with Gasteiger partial charge in [0.1, 0.15) is 9.34 Å². The first-order valence-electron chi connectivity index (χ1n) is 6.80. The molecule has 2 rings (SSSR count). The Morgan fingerprint density at radius 2 is 1.90 bits per heavy atom. The highest BCUT2D eigenvalue weighted by Gasteiger charge is 2.14. The van der Waals surface area contributed by atoms with E-state index in [1.54, 1.807) is 6.20 Å². The summed E-state index contributed by atoms with van der Waals surface area (Å²) in [5, 5.41) is 4.50. The number of hydrogen-bond donors (Lipinski definition) is 1. The summed E-state index contributed by atoms with van der Waals surface area (Å²) in [6.45, 7) is 9.61. The second kappa shape index (κ2) is 6.25. The lowest BCUT2D eigenvalue weighted by molar-refractivity contribution is 0.568. The summed E-state index contributed by atoms with van der Waals surface area (Å²) in [5.41, 5.74) is 2.85. The Kier molecular flexibility index (Phi) is 4.84. The van der Waals surface area contributed by atoms with Gasteiger partial charge < -0.3 is 5.32 Å². The van der Waals surface area contributed by atoms with Gasteiger partial charge in [-0.2, -0.15) is 0 Å². The van der Waals surface area contributed by atoms with E-state index in [9.17, 15) is 0 Å². The number of aromatic nitrogens is 1. The number of benzene rings is 1. The van der Waals surface area contributed by atoms with E-state index >= 15 is 0 Å². The molecule has 0 saturated heterocycles. The molecule has 0 amide bonds. The first-order chi connectivity index (χ1) is 9.36. The predicted octanol–water partition coefficient (Wildman–Crippen LogP) is 4.94. The smallest absolute Gasteiger partial charge is 0.113 e. The second-order valence-corrected chi connectivity index (χ2v) is 7.78. The lowest BCUT2D eigenvalue weighted by Gasteiger charge is -2.20. The molecule has 2 nitrogen and oxygen atoms in total. The van der Waals surface area contributed by atoms with E-state index in [4.69, 9.17) is 11.6 Å². The molecule has 1 heterocycles. The average Bonchev–Trinajstić information content (AvgIpc) is 2.81. The van der Waals surface area contributed by atoms with E-state index in [1.165, 1.54) is 22.5 Å². The Morgan fingerprint density at radius 1 is 1.25 bits per heavy atom. The molecular formula is C16H21ClN2S. The van der Waals surface area contributed by atoms with Gasteiger partial charge in [0.25, 0.3) is 0 Å². The number of rotatable bonds is 4. The van der Waals surface area contributed by atoms with E-state index in [2.05, 4.69) is 62.3 Å². The number of nitrogens with one attached hydrogen (secondary N) is 1. The molecule has 1 aromatic carbocycles. The van der Waals surface area contributed by atoms with Gasteiger partial charge >= 0.3 is 0 Å². The Bertz CT molecular complexity index is 555. The maximum Gasteiger partial charge on any atom is 0.113 e. The van der Waals surface area contributed by atoms with Crippen LogP contribution in [0.15, 0.2) is 30.5 Å². The summed E-state index contributed by atoms with van der Waals surface area (Å²) in [5.74, 6) is 0. The van der Waals surface area contributed by atoms with Crippen LogP contribution in [0.5, 0.6) is 0 Å². The largest absolute Gasteiger partial charge is 0.304 e. The molecule has 1 unspecified atom stereocenters. The van der Waals surface area contributed by atoms with Crippen LogP contribution < -0.4 is 5.32 Å². The fourth-order valence-corrected chi connectivity index (χ4v) is 2.91. The van der Waals surface area contributed by atoms with Crippen molar-refractivity contribution in [3.05, 3.63) is 50.9 Å². The van der Waals surface area contributed by atoms with Crippen LogP contribution in [0.2, 0.25) is 4.34 Å². The lowest BCUT2D eigenvalue weighted by Crippen LogP contribution is -2.18. The van der Waals surface area contributed by atoms with E-state index in [-0.39, 0.29) is 5.41 Å². The fourth-order valence-electron chi connectivity index (χ4n) is 2.00. The number of hydrogen-bond acceptors (Lipinski definition) is 3. The van der Waals surface area contributed by atoms with E-state index in [0.29, 0.717) is 6.04 Å². The molecule has 0 aliphatic rings. The first-order valence-corrected chi connectivity index (χ1v) is 8.00. The van der Waals surface area contributed by atoms with Crippen LogP contribution in [0.3, 0.4) is 0 Å². The van der Waals surface area contributed by atoms with Crippen molar-refractivity contribution in [2.75, 3.05) is 0 Å². The molecule has 2 aromatic rings. The molecule has 20 heavy (non-hydrogen) atoms. The zero-order valence-corrected chi connectivity index (χ0v) is 14.0. The van der Waals surface area contributed by atoms with E-state index < -0.39 is 0 Å². The van der Waals surface area contributed by atoms with Crippen molar-refractivity contribution in [2.24, 2.45) is 0 Å². The van der Waals surface area contributed by atoms with E-state index in [1.807, 2.05) is 0 Å². The summed E-state index contributed by atoms with van der Waals surface area (Å²) >= 11 is 7.40. The standard InChI is InChI=1S/C16H21ClN2S/c1-11(18-10-15-19-9-14(17)20-15)12-5-7-13(8-6-12)16(2,3)4/h5-9,11,18H,10H2,1-4H3. The van der Waals surface area contributed by atoms with Gasteiger partial charge in [-0.3, -0.25) is 0 Å². The van der Waals surface area contributed by atoms with Gasteiger partial charge in [-0.1, -0.05) is 56.6 Å². The highest BCUT2D eigenvalue weighted by atomic mass is 35.5. The highest BCUT2D eigenvalue weighted by Crippen LogP contribution is 2.24. The molecule has 1 aromatic heterocycles. The maximum atomic E-state index is 5.88. The van der Waals surface area contributed by atoms with Crippen molar-refractivity contribution in [1.29, 1.82) is 0 Å². The summed E-state index contributed by atoms with van der Waals surface area (Å²) < 4.78 is 0.740. The molecule has 0 saturated carbocycles. The minimum atomic E-state index is 0.201. The minimum Gasteiger partial charge on any atom is -0.304 e. The van der Waals surface area contributed by atoms with Crippen LogP contribution in [0.4, 0.5) is 0 Å². The van der Waals surface area contributed by atoms with Gasteiger partial charge in [0, 0.05) is 12.6 Å². The van der Waals surface area contributed by atoms with Gasteiger partial charge in [-0.25, -0.2) is 4.98 Å². The molecule has 1 N–H and O–H groups in total. The summed E-state index contributed by atoms with van der Waals surface area (Å²) in [7, 11) is 0. The third kappa shape index (κ3) is 4.05. The van der Waals surface area contributed by atoms with Crippen molar-refractivity contribution in [3.8, 4) is 0 Å². The Balaban J connectivity index is 1.97. The molecule has 0 aliphatic carbocycles. The van der Waals surface area contributed by atoms with Crippen LogP contribution in [0.25, 0.3) is 0 Å². The molecular weight excluding hydrogens is 288 g/mol. The number of halogens is 1. The first kappa shape index (κ1) is 15.5. The van der Waals surface area contributed by atoms with Crippen LogP contribution in [-0.4, -0.2) is 4.98 Å². The molecule has 1 atom stereocenters. The summed E-state index contributed by atoms with van der Waals surface area (Å²) in [6, 6.07) is 9.13. The van der Waals surface area contributed by atoms with Crippen molar-refractivity contribution in [1.82, 2.24) is 10.3 Å². The van der Waals surface area contributed by atoms with Crippen LogP contribution >= 0.6 is 22.9 Å². The average molecular weight is 309 g/mol. The highest BCUT2D eigenvalue weighted by molar-refractivity contribution is 7.15. The third-order valence-corrected chi connectivity index (χ3v) is 4.48. The van der Waals surface area contributed by atoms with Crippen LogP contribution in [0, 0.1) is 0 Å². The van der Waals surface area contributed by atoms with Crippen molar-refractivity contribution in [3.63, 3.8) is 0 Å². The quantitative estimate of drug-likeness (QED) is 0.865. The van der Waals surface area contributed by atoms with Gasteiger partial charge in [0.15, 0.2) is 0 Å². The number of thiazole rings is 1. The van der Waals surface area contributed by atoms with Gasteiger partial charge in [0.2, 0.25) is 0 Å². The molecule has 108 valence electrons. The lowest BCUT2D eigenvalue weighted by atomic mass is 9.86. The Labute approximate surface area is 130 Å². The monoisotopic (exact) mass is 308 g/mol. The molecule has 0 aliphatic heterocycles. The molecule has 0 bridgehead atoms. The van der Waals surface area contributed by atoms with Crippen molar-refractivity contribution < 1.29 is 0 Å². The zero-order valence-electron chi connectivity index (χ0n) is 12.4. The van der Waals surface area contributed by atoms with E-state index in [0.717, 1.165) is 15.9 Å². The Morgan fingerprint density at radius 3 is 2.40 bits per heavy atom. The second-order valence-electron chi connectivity index (χ2n) is 6.03. The SMILES string of the molecule is CC(NCc1ncc(Cl)s1)c1ccc(C(C)(C)C)cc1. The topological polar surface area (TPSA) is 24.9 Å². The van der Waals surface area contributed by atoms with Crippen molar-refractivity contribution in [2.45, 2.75) is 45.7 Å². The van der Waals surface area contributed by atoms with Crippen LogP contribution in [-0.2, 0) is 12.0 Å². The van der Waals surface area contributed by atoms with Crippen LogP contribution in [0.1, 0.15) is 49.9 Å². The van der Waals surface area contributed by atoms with Gasteiger partial charge in [-0.05, 0) is 23.5 Å². The molecule has 0 spiro atoms. The van der Waals surface area contributed by atoms with Gasteiger partial charge in [0.05, 0.1) is 6.20 Å². The summed E-state index contributed by atoms with van der Waals surface area (Å²) in [4.78, 5) is 4.25. The summed E-state index contributed by atoms with van der Waals surface area (Å²) in [6.07, 6.45) is 1.70. The number of nitrogens with zero attached hydrogens (tertiary/aromatic N) is 1. The normalized spacial score (nSPS) is 13.4. The molecule has 0 radical (unpaired) electrons. The predicted molar refractivity (Wildman–Crippen MR) is 87.5 cm³/mol. The van der Waals surface area contributed by atoms with Gasteiger partial charge in [-0.15, -0.1) is 11.3 Å². The minimum absolute atomic E-state index is 0.201. The Hall–Kier alpha value is -0.900.